The van der Waals surface area contributed by atoms with Crippen LogP contribution in [-0.4, -0.2) is 42.8 Å². The summed E-state index contributed by atoms with van der Waals surface area (Å²) in [6.07, 6.45) is 0. The zero-order chi connectivity index (χ0) is 22.4. The number of amides is 2. The largest absolute Gasteiger partial charge is 0.383 e. The zero-order valence-electron chi connectivity index (χ0n) is 16.4. The molecule has 2 N–H and O–H groups in total. The van der Waals surface area contributed by atoms with Crippen molar-refractivity contribution in [2.75, 3.05) is 20.3 Å². The fourth-order valence-corrected chi connectivity index (χ4v) is 2.89. The summed E-state index contributed by atoms with van der Waals surface area (Å²) in [5, 5.41) is 25.6. The number of non-ortho nitro benzene ring substituents is 1. The van der Waals surface area contributed by atoms with Gasteiger partial charge in [0.1, 0.15) is 17.5 Å². The minimum atomic E-state index is -0.601. The van der Waals surface area contributed by atoms with Crippen molar-refractivity contribution in [3.8, 4) is 6.07 Å². The van der Waals surface area contributed by atoms with Gasteiger partial charge in [-0.2, -0.15) is 5.26 Å². The molecule has 0 spiro atoms. The van der Waals surface area contributed by atoms with E-state index in [2.05, 4.69) is 15.6 Å². The number of rotatable bonds is 6. The highest BCUT2D eigenvalue weighted by atomic mass is 16.6. The molecule has 0 fully saturated rings. The van der Waals surface area contributed by atoms with Crippen LogP contribution >= 0.6 is 0 Å². The van der Waals surface area contributed by atoms with Gasteiger partial charge in [-0.15, -0.1) is 0 Å². The highest BCUT2D eigenvalue weighted by Crippen LogP contribution is 2.30. The monoisotopic (exact) mass is 419 g/mol. The smallest absolute Gasteiger partial charge is 0.269 e. The van der Waals surface area contributed by atoms with Crippen molar-refractivity contribution in [2.24, 2.45) is 4.99 Å². The Balaban J connectivity index is 1.91. The lowest BCUT2D eigenvalue weighted by Crippen LogP contribution is -2.30. The van der Waals surface area contributed by atoms with Crippen molar-refractivity contribution in [3.63, 3.8) is 0 Å². The number of amidine groups is 1. The van der Waals surface area contributed by atoms with Crippen molar-refractivity contribution in [1.29, 1.82) is 5.26 Å². The van der Waals surface area contributed by atoms with E-state index in [1.165, 1.54) is 31.4 Å². The Morgan fingerprint density at radius 3 is 2.45 bits per heavy atom. The molecular formula is C21H17N5O5. The molecule has 0 radical (unpaired) electrons. The van der Waals surface area contributed by atoms with E-state index >= 15 is 0 Å². The van der Waals surface area contributed by atoms with Crippen LogP contribution in [0, 0.1) is 21.4 Å². The molecule has 1 aliphatic rings. The van der Waals surface area contributed by atoms with Crippen LogP contribution in [0.3, 0.4) is 0 Å². The van der Waals surface area contributed by atoms with Gasteiger partial charge in [0.25, 0.3) is 17.5 Å². The molecule has 2 aromatic carbocycles. The normalized spacial score (nSPS) is 13.5. The van der Waals surface area contributed by atoms with E-state index < -0.39 is 16.7 Å². The maximum absolute atomic E-state index is 12.6. The summed E-state index contributed by atoms with van der Waals surface area (Å²) in [6.45, 7) is 0.513. The molecule has 156 valence electrons. The topological polar surface area (TPSA) is 147 Å². The zero-order valence-corrected chi connectivity index (χ0v) is 16.4. The first kappa shape index (κ1) is 21.4. The first-order valence-electron chi connectivity index (χ1n) is 9.12. The Hall–Kier alpha value is -4.36. The Bertz CT molecular complexity index is 1150. The molecule has 0 aliphatic carbocycles. The second-order valence-corrected chi connectivity index (χ2v) is 6.35. The average Bonchev–Trinajstić information content (AvgIpc) is 3.13. The molecule has 1 aliphatic heterocycles. The van der Waals surface area contributed by atoms with Gasteiger partial charge >= 0.3 is 0 Å². The summed E-state index contributed by atoms with van der Waals surface area (Å²) in [5.74, 6) is -0.963. The SMILES string of the molecule is COCCNC(=O)C(C#N)=C1N=C(NC(=O)c2ccc([N+](=O)[O-])cc2)c2ccccc21. The quantitative estimate of drug-likeness (QED) is 0.240. The van der Waals surface area contributed by atoms with Crippen LogP contribution in [0.2, 0.25) is 0 Å². The van der Waals surface area contributed by atoms with Gasteiger partial charge in [-0.05, 0) is 12.1 Å². The van der Waals surface area contributed by atoms with Crippen LogP contribution in [0.15, 0.2) is 59.1 Å². The first-order chi connectivity index (χ1) is 15.0. The van der Waals surface area contributed by atoms with Crippen LogP contribution in [0.5, 0.6) is 0 Å². The van der Waals surface area contributed by atoms with E-state index in [1.54, 1.807) is 24.3 Å². The second kappa shape index (κ2) is 9.43. The van der Waals surface area contributed by atoms with Gasteiger partial charge in [-0.3, -0.25) is 19.7 Å². The summed E-state index contributed by atoms with van der Waals surface area (Å²) in [6, 6.07) is 13.8. The number of benzene rings is 2. The molecule has 10 heteroatoms. The number of fused-ring (bicyclic) bond motifs is 1. The van der Waals surface area contributed by atoms with E-state index in [4.69, 9.17) is 4.74 Å². The molecule has 0 saturated heterocycles. The standard InChI is InChI=1S/C21H17N5O5/c1-31-11-10-23-21(28)17(12-22)18-15-4-2-3-5-16(15)19(24-18)25-20(27)13-6-8-14(9-7-13)26(29)30/h2-9H,10-11H2,1H3,(H,23,28)(H,24,25,27). The van der Waals surface area contributed by atoms with Crippen molar-refractivity contribution < 1.29 is 19.2 Å². The number of carbonyl (C=O) groups excluding carboxylic acids is 2. The maximum atomic E-state index is 12.6. The van der Waals surface area contributed by atoms with E-state index in [0.717, 1.165) is 0 Å². The van der Waals surface area contributed by atoms with E-state index in [1.807, 2.05) is 6.07 Å². The van der Waals surface area contributed by atoms with Gasteiger partial charge < -0.3 is 15.4 Å². The molecule has 2 aromatic rings. The van der Waals surface area contributed by atoms with Gasteiger partial charge in [0.05, 0.1) is 17.2 Å². The number of nitro benzene ring substituents is 1. The Labute approximate surface area is 177 Å². The van der Waals surface area contributed by atoms with Crippen molar-refractivity contribution in [1.82, 2.24) is 10.6 Å². The molecule has 31 heavy (non-hydrogen) atoms. The molecule has 0 unspecified atom stereocenters. The number of aliphatic imine (C=N–C) groups is 1. The number of nitrogens with one attached hydrogen (secondary N) is 2. The number of nitrogens with zero attached hydrogens (tertiary/aromatic N) is 3. The van der Waals surface area contributed by atoms with Crippen LogP contribution in [-0.2, 0) is 9.53 Å². The Morgan fingerprint density at radius 1 is 1.16 bits per heavy atom. The minimum Gasteiger partial charge on any atom is -0.383 e. The number of carbonyl (C=O) groups is 2. The number of hydrogen-bond donors (Lipinski definition) is 2. The summed E-state index contributed by atoms with van der Waals surface area (Å²) < 4.78 is 4.88. The number of nitriles is 1. The van der Waals surface area contributed by atoms with Crippen LogP contribution in [0.25, 0.3) is 5.70 Å². The molecule has 3 rings (SSSR count). The molecule has 2 amide bonds. The maximum Gasteiger partial charge on any atom is 0.269 e. The van der Waals surface area contributed by atoms with Gasteiger partial charge in [0.15, 0.2) is 0 Å². The predicted molar refractivity (Wildman–Crippen MR) is 111 cm³/mol. The third-order valence-electron chi connectivity index (χ3n) is 4.40. The summed E-state index contributed by atoms with van der Waals surface area (Å²) in [4.78, 5) is 39.6. The fraction of sp³-hybridized carbons (Fsp3) is 0.143. The van der Waals surface area contributed by atoms with Crippen LogP contribution < -0.4 is 10.6 Å². The lowest BCUT2D eigenvalue weighted by Gasteiger charge is -2.06. The summed E-state index contributed by atoms with van der Waals surface area (Å²) in [7, 11) is 1.49. The predicted octanol–water partition coefficient (Wildman–Crippen LogP) is 1.78. The third-order valence-corrected chi connectivity index (χ3v) is 4.40. The van der Waals surface area contributed by atoms with E-state index in [0.29, 0.717) is 11.1 Å². The first-order valence-corrected chi connectivity index (χ1v) is 9.12. The molecule has 0 aromatic heterocycles. The number of nitro groups is 1. The highest BCUT2D eigenvalue weighted by Gasteiger charge is 2.27. The lowest BCUT2D eigenvalue weighted by molar-refractivity contribution is -0.384. The third kappa shape index (κ3) is 4.63. The van der Waals surface area contributed by atoms with Gasteiger partial charge in [-0.1, -0.05) is 24.3 Å². The molecular weight excluding hydrogens is 402 g/mol. The molecule has 0 atom stereocenters. The molecule has 0 saturated carbocycles. The summed E-state index contributed by atoms with van der Waals surface area (Å²) >= 11 is 0. The Morgan fingerprint density at radius 2 is 1.84 bits per heavy atom. The number of hydrogen-bond acceptors (Lipinski definition) is 7. The highest BCUT2D eigenvalue weighted by molar-refractivity contribution is 6.20. The second-order valence-electron chi connectivity index (χ2n) is 6.35. The minimum absolute atomic E-state index is 0.136. The number of methoxy groups -OCH3 is 1. The van der Waals surface area contributed by atoms with Crippen molar-refractivity contribution in [3.05, 3.63) is 80.9 Å². The van der Waals surface area contributed by atoms with Crippen LogP contribution in [0.4, 0.5) is 5.69 Å². The molecule has 0 bridgehead atoms. The van der Waals surface area contributed by atoms with Gasteiger partial charge in [0.2, 0.25) is 0 Å². The van der Waals surface area contributed by atoms with Gasteiger partial charge in [-0.25, -0.2) is 4.99 Å². The van der Waals surface area contributed by atoms with Crippen molar-refractivity contribution >= 4 is 29.0 Å². The van der Waals surface area contributed by atoms with Crippen LogP contribution in [0.1, 0.15) is 21.5 Å². The van der Waals surface area contributed by atoms with E-state index in [9.17, 15) is 25.0 Å². The fourth-order valence-electron chi connectivity index (χ4n) is 2.89. The molecule has 10 nitrogen and oxygen atoms in total. The molecule has 1 heterocycles. The van der Waals surface area contributed by atoms with Gasteiger partial charge in [0, 0.05) is 42.5 Å². The lowest BCUT2D eigenvalue weighted by atomic mass is 10.0. The summed E-state index contributed by atoms with van der Waals surface area (Å²) in [5.41, 5.74) is 1.09. The van der Waals surface area contributed by atoms with E-state index in [-0.39, 0.29) is 41.5 Å². The number of ether oxygens (including phenoxy) is 1. The Kier molecular flexibility index (Phi) is 6.49. The average molecular weight is 419 g/mol. The van der Waals surface area contributed by atoms with Crippen molar-refractivity contribution in [2.45, 2.75) is 0 Å².